The summed E-state index contributed by atoms with van der Waals surface area (Å²) in [6.07, 6.45) is 4.56. The predicted octanol–water partition coefficient (Wildman–Crippen LogP) is 2.69. The maximum absolute atomic E-state index is 12.2. The molecule has 1 amide bonds. The van der Waals surface area contributed by atoms with Crippen LogP contribution in [0.4, 0.5) is 0 Å². The number of carbonyl (C=O) groups excluding carboxylic acids is 1. The number of amides is 1. The molecule has 0 aromatic carbocycles. The Morgan fingerprint density at radius 3 is 3.40 bits per heavy atom. The Morgan fingerprint density at radius 2 is 2.55 bits per heavy atom. The molecule has 0 fully saturated rings. The fraction of sp³-hybridized carbons (Fsp3) is 0.429. The molecule has 0 unspecified atom stereocenters. The topological polar surface area (TPSA) is 64.4 Å². The summed E-state index contributed by atoms with van der Waals surface area (Å²) in [5, 5.41) is 5.12. The summed E-state index contributed by atoms with van der Waals surface area (Å²) in [5.41, 5.74) is 1.55. The maximum atomic E-state index is 12.2. The smallest absolute Gasteiger partial charge is 0.273 e. The van der Waals surface area contributed by atoms with Crippen LogP contribution in [0.1, 0.15) is 45.7 Å². The summed E-state index contributed by atoms with van der Waals surface area (Å²) < 4.78 is 10.1. The molecule has 1 aliphatic rings. The van der Waals surface area contributed by atoms with Crippen LogP contribution in [0.15, 0.2) is 22.1 Å². The number of ether oxygens (including phenoxy) is 1. The van der Waals surface area contributed by atoms with Crippen LogP contribution in [0, 0.1) is 0 Å². The van der Waals surface area contributed by atoms with Crippen molar-refractivity contribution in [1.82, 2.24) is 10.3 Å². The summed E-state index contributed by atoms with van der Waals surface area (Å²) in [6, 6.07) is 2.18. The van der Waals surface area contributed by atoms with Gasteiger partial charge in [-0.3, -0.25) is 4.79 Å². The lowest BCUT2D eigenvalue weighted by atomic mass is 9.94. The van der Waals surface area contributed by atoms with Crippen LogP contribution in [0.5, 0.6) is 0 Å². The maximum Gasteiger partial charge on any atom is 0.273 e. The third-order valence-corrected chi connectivity index (χ3v) is 4.41. The van der Waals surface area contributed by atoms with E-state index in [4.69, 9.17) is 9.15 Å². The van der Waals surface area contributed by atoms with Crippen molar-refractivity contribution in [2.75, 3.05) is 7.11 Å². The van der Waals surface area contributed by atoms with Gasteiger partial charge in [0.25, 0.3) is 5.91 Å². The second kappa shape index (κ2) is 5.76. The van der Waals surface area contributed by atoms with Crippen molar-refractivity contribution in [3.8, 4) is 0 Å². The van der Waals surface area contributed by atoms with E-state index in [0.29, 0.717) is 11.6 Å². The van der Waals surface area contributed by atoms with Crippen LogP contribution in [0.3, 0.4) is 0 Å². The van der Waals surface area contributed by atoms with Gasteiger partial charge in [-0.1, -0.05) is 0 Å². The van der Waals surface area contributed by atoms with Crippen molar-refractivity contribution in [2.24, 2.45) is 0 Å². The summed E-state index contributed by atoms with van der Waals surface area (Å²) >= 11 is 1.76. The summed E-state index contributed by atoms with van der Waals surface area (Å²) in [5.74, 6) is 0.220. The minimum absolute atomic E-state index is 0.0834. The van der Waals surface area contributed by atoms with E-state index in [0.717, 1.165) is 19.3 Å². The van der Waals surface area contributed by atoms with Gasteiger partial charge in [-0.15, -0.1) is 11.3 Å². The molecule has 2 heterocycles. The molecule has 6 heteroatoms. The van der Waals surface area contributed by atoms with Gasteiger partial charge >= 0.3 is 0 Å². The second-order valence-electron chi connectivity index (χ2n) is 4.78. The summed E-state index contributed by atoms with van der Waals surface area (Å²) in [6.45, 7) is 0.269. The fourth-order valence-corrected chi connectivity index (χ4v) is 3.46. The number of aryl methyl sites for hydroxylation is 1. The van der Waals surface area contributed by atoms with E-state index in [-0.39, 0.29) is 18.6 Å². The van der Waals surface area contributed by atoms with Crippen molar-refractivity contribution in [2.45, 2.75) is 31.9 Å². The van der Waals surface area contributed by atoms with Gasteiger partial charge in [0.2, 0.25) is 5.89 Å². The van der Waals surface area contributed by atoms with Crippen LogP contribution in [0.25, 0.3) is 0 Å². The predicted molar refractivity (Wildman–Crippen MR) is 74.7 cm³/mol. The van der Waals surface area contributed by atoms with E-state index in [2.05, 4.69) is 21.7 Å². The molecule has 2 aromatic rings. The van der Waals surface area contributed by atoms with Crippen LogP contribution < -0.4 is 5.32 Å². The Bertz CT molecular complexity index is 605. The Hall–Kier alpha value is -1.66. The highest BCUT2D eigenvalue weighted by atomic mass is 32.1. The summed E-state index contributed by atoms with van der Waals surface area (Å²) in [4.78, 5) is 17.7. The number of rotatable bonds is 4. The van der Waals surface area contributed by atoms with E-state index >= 15 is 0 Å². The molecule has 2 aromatic heterocycles. The first kappa shape index (κ1) is 13.3. The molecule has 0 saturated heterocycles. The van der Waals surface area contributed by atoms with Gasteiger partial charge in [0.15, 0.2) is 5.69 Å². The van der Waals surface area contributed by atoms with Gasteiger partial charge < -0.3 is 14.5 Å². The van der Waals surface area contributed by atoms with Crippen molar-refractivity contribution in [3.63, 3.8) is 0 Å². The molecular formula is C14H16N2O3S. The molecule has 0 saturated carbocycles. The van der Waals surface area contributed by atoms with E-state index in [1.54, 1.807) is 18.4 Å². The molecule has 3 rings (SSSR count). The first-order valence-corrected chi connectivity index (χ1v) is 7.46. The number of methoxy groups -OCH3 is 1. The van der Waals surface area contributed by atoms with Gasteiger partial charge in [-0.05, 0) is 36.3 Å². The molecule has 0 bridgehead atoms. The third-order valence-electron chi connectivity index (χ3n) is 3.41. The highest BCUT2D eigenvalue weighted by Crippen LogP contribution is 2.33. The lowest BCUT2D eigenvalue weighted by Crippen LogP contribution is -2.30. The lowest BCUT2D eigenvalue weighted by molar-refractivity contribution is 0.0927. The lowest BCUT2D eigenvalue weighted by Gasteiger charge is -2.23. The summed E-state index contributed by atoms with van der Waals surface area (Å²) in [7, 11) is 1.56. The molecule has 0 spiro atoms. The molecule has 20 heavy (non-hydrogen) atoms. The van der Waals surface area contributed by atoms with Crippen LogP contribution in [0.2, 0.25) is 0 Å². The van der Waals surface area contributed by atoms with E-state index in [9.17, 15) is 4.79 Å². The Kier molecular flexibility index (Phi) is 3.84. The number of hydrogen-bond donors (Lipinski definition) is 1. The normalized spacial score (nSPS) is 17.8. The van der Waals surface area contributed by atoms with Gasteiger partial charge in [0.1, 0.15) is 12.9 Å². The number of nitrogens with zero attached hydrogens (tertiary/aromatic N) is 1. The van der Waals surface area contributed by atoms with Gasteiger partial charge in [-0.2, -0.15) is 0 Å². The van der Waals surface area contributed by atoms with Crippen molar-refractivity contribution in [3.05, 3.63) is 39.7 Å². The largest absolute Gasteiger partial charge is 0.446 e. The Balaban J connectivity index is 1.70. The molecule has 106 valence electrons. The quantitative estimate of drug-likeness (QED) is 0.941. The minimum Gasteiger partial charge on any atom is -0.446 e. The number of fused-ring (bicyclic) bond motifs is 1. The van der Waals surface area contributed by atoms with Crippen LogP contribution in [-0.2, 0) is 17.8 Å². The van der Waals surface area contributed by atoms with Gasteiger partial charge in [0.05, 0.1) is 6.04 Å². The molecule has 0 radical (unpaired) electrons. The number of nitrogens with one attached hydrogen (secondary N) is 1. The zero-order valence-corrected chi connectivity index (χ0v) is 12.0. The van der Waals surface area contributed by atoms with Crippen molar-refractivity contribution in [1.29, 1.82) is 0 Å². The first-order chi connectivity index (χ1) is 9.78. The fourth-order valence-electron chi connectivity index (χ4n) is 2.47. The van der Waals surface area contributed by atoms with E-state index < -0.39 is 0 Å². The highest BCUT2D eigenvalue weighted by molar-refractivity contribution is 7.10. The number of thiophene rings is 1. The Labute approximate surface area is 121 Å². The number of aromatic nitrogens is 1. The van der Waals surface area contributed by atoms with Gasteiger partial charge in [-0.25, -0.2) is 4.98 Å². The highest BCUT2D eigenvalue weighted by Gasteiger charge is 2.24. The SMILES string of the molecule is COCc1nc(C(=O)N[C@@H]2CCCc3sccc32)co1. The van der Waals surface area contributed by atoms with Crippen molar-refractivity contribution < 1.29 is 13.9 Å². The van der Waals surface area contributed by atoms with Crippen LogP contribution in [-0.4, -0.2) is 18.0 Å². The zero-order chi connectivity index (χ0) is 13.9. The second-order valence-corrected chi connectivity index (χ2v) is 5.78. The van der Waals surface area contributed by atoms with Crippen molar-refractivity contribution >= 4 is 17.2 Å². The number of carbonyl (C=O) groups is 1. The number of hydrogen-bond acceptors (Lipinski definition) is 5. The average Bonchev–Trinajstić information content (AvgIpc) is 3.08. The molecule has 1 atom stereocenters. The van der Waals surface area contributed by atoms with E-state index in [1.165, 1.54) is 16.7 Å². The number of oxazole rings is 1. The molecular weight excluding hydrogens is 276 g/mol. The average molecular weight is 292 g/mol. The molecule has 0 aliphatic heterocycles. The zero-order valence-electron chi connectivity index (χ0n) is 11.2. The Morgan fingerprint density at radius 1 is 1.65 bits per heavy atom. The first-order valence-electron chi connectivity index (χ1n) is 6.58. The van der Waals surface area contributed by atoms with Gasteiger partial charge in [0, 0.05) is 12.0 Å². The molecule has 1 aliphatic carbocycles. The monoisotopic (exact) mass is 292 g/mol. The molecule has 5 nitrogen and oxygen atoms in total. The molecule has 1 N–H and O–H groups in total. The third kappa shape index (κ3) is 2.62. The minimum atomic E-state index is -0.194. The van der Waals surface area contributed by atoms with Crippen LogP contribution >= 0.6 is 11.3 Å². The van der Waals surface area contributed by atoms with E-state index in [1.807, 2.05) is 0 Å². The standard InChI is InChI=1S/C14H16N2O3S/c1-18-8-13-15-11(7-19-13)14(17)16-10-3-2-4-12-9(10)5-6-20-12/h5-7,10H,2-4,8H2,1H3,(H,16,17)/t10-/m1/s1.